The third-order valence-corrected chi connectivity index (χ3v) is 5.93. The zero-order chi connectivity index (χ0) is 21.1. The summed E-state index contributed by atoms with van der Waals surface area (Å²) >= 11 is 1.23. The first kappa shape index (κ1) is 21.9. The number of benzene rings is 1. The second kappa shape index (κ2) is 8.34. The maximum absolute atomic E-state index is 13.1. The SMILES string of the molecule is CCC(C)(CC)c1nnc(NC(=O)c2c(OC)cc(C(F)(F)F)cc2OC)s1. The Hall–Kier alpha value is -2.36. The quantitative estimate of drug-likeness (QED) is 0.693. The molecule has 2 aromatic rings. The minimum atomic E-state index is -4.60. The number of nitrogens with zero attached hydrogens (tertiary/aromatic N) is 2. The van der Waals surface area contributed by atoms with Crippen molar-refractivity contribution in [2.75, 3.05) is 19.5 Å². The zero-order valence-electron chi connectivity index (χ0n) is 16.2. The van der Waals surface area contributed by atoms with E-state index in [9.17, 15) is 18.0 Å². The average molecular weight is 417 g/mol. The summed E-state index contributed by atoms with van der Waals surface area (Å²) < 4.78 is 49.2. The molecule has 0 aliphatic carbocycles. The standard InChI is InChI=1S/C18H22F3N3O3S/c1-6-17(3,7-2)15-23-24-16(28-15)22-14(25)13-11(26-4)8-10(18(19,20)21)9-12(13)27-5/h8-9H,6-7H2,1-5H3,(H,22,24,25). The predicted molar refractivity (Wildman–Crippen MR) is 100 cm³/mol. The average Bonchev–Trinajstić information content (AvgIpc) is 3.14. The fraction of sp³-hybridized carbons (Fsp3) is 0.500. The number of alkyl halides is 3. The fourth-order valence-corrected chi connectivity index (χ4v) is 3.55. The van der Waals surface area contributed by atoms with Gasteiger partial charge in [0.15, 0.2) is 0 Å². The number of carbonyl (C=O) groups excluding carboxylic acids is 1. The lowest BCUT2D eigenvalue weighted by atomic mass is 9.86. The van der Waals surface area contributed by atoms with Crippen LogP contribution >= 0.6 is 11.3 Å². The van der Waals surface area contributed by atoms with Crippen LogP contribution in [0.2, 0.25) is 0 Å². The molecule has 0 atom stereocenters. The van der Waals surface area contributed by atoms with E-state index >= 15 is 0 Å². The smallest absolute Gasteiger partial charge is 0.416 e. The van der Waals surface area contributed by atoms with Gasteiger partial charge in [0.1, 0.15) is 22.1 Å². The molecular weight excluding hydrogens is 395 g/mol. The van der Waals surface area contributed by atoms with Gasteiger partial charge in [-0.1, -0.05) is 32.1 Å². The molecule has 0 radical (unpaired) electrons. The highest BCUT2D eigenvalue weighted by Gasteiger charge is 2.34. The first-order chi connectivity index (χ1) is 13.1. The molecule has 0 unspecified atom stereocenters. The van der Waals surface area contributed by atoms with E-state index in [1.165, 1.54) is 25.6 Å². The maximum Gasteiger partial charge on any atom is 0.416 e. The number of halogens is 3. The Kier molecular flexibility index (Phi) is 6.53. The summed E-state index contributed by atoms with van der Waals surface area (Å²) in [6.45, 7) is 6.14. The number of carbonyl (C=O) groups is 1. The largest absolute Gasteiger partial charge is 0.496 e. The Bertz CT molecular complexity index is 823. The van der Waals surface area contributed by atoms with Crippen LogP contribution in [0.4, 0.5) is 18.3 Å². The molecule has 1 N–H and O–H groups in total. The molecule has 154 valence electrons. The molecule has 1 aromatic heterocycles. The summed E-state index contributed by atoms with van der Waals surface area (Å²) in [4.78, 5) is 12.7. The Balaban J connectivity index is 2.38. The van der Waals surface area contributed by atoms with Crippen LogP contribution in [0.1, 0.15) is 54.5 Å². The number of methoxy groups -OCH3 is 2. The highest BCUT2D eigenvalue weighted by atomic mass is 32.1. The first-order valence-electron chi connectivity index (χ1n) is 8.58. The Morgan fingerprint density at radius 2 is 1.64 bits per heavy atom. The van der Waals surface area contributed by atoms with Crippen LogP contribution in [-0.4, -0.2) is 30.3 Å². The Labute approximate surface area is 165 Å². The van der Waals surface area contributed by atoms with Gasteiger partial charge in [0, 0.05) is 5.41 Å². The number of ether oxygens (including phenoxy) is 2. The van der Waals surface area contributed by atoms with Crippen molar-refractivity contribution in [2.45, 2.75) is 45.2 Å². The van der Waals surface area contributed by atoms with Crippen LogP contribution in [0.5, 0.6) is 11.5 Å². The fourth-order valence-electron chi connectivity index (χ4n) is 2.53. The van der Waals surface area contributed by atoms with Crippen LogP contribution in [0, 0.1) is 0 Å². The van der Waals surface area contributed by atoms with Crippen LogP contribution in [0.25, 0.3) is 0 Å². The van der Waals surface area contributed by atoms with Crippen LogP contribution in [0.15, 0.2) is 12.1 Å². The van der Waals surface area contributed by atoms with Gasteiger partial charge < -0.3 is 9.47 Å². The molecule has 1 heterocycles. The van der Waals surface area contributed by atoms with Gasteiger partial charge in [0.2, 0.25) is 5.13 Å². The number of rotatable bonds is 7. The molecule has 10 heteroatoms. The van der Waals surface area contributed by atoms with Gasteiger partial charge in [-0.3, -0.25) is 10.1 Å². The third-order valence-electron chi connectivity index (χ3n) is 4.78. The van der Waals surface area contributed by atoms with Gasteiger partial charge >= 0.3 is 6.18 Å². The molecule has 28 heavy (non-hydrogen) atoms. The molecule has 0 saturated carbocycles. The molecule has 0 aliphatic rings. The summed E-state index contributed by atoms with van der Waals surface area (Å²) in [7, 11) is 2.37. The van der Waals surface area contributed by atoms with Crippen molar-refractivity contribution in [1.82, 2.24) is 10.2 Å². The molecule has 0 saturated heterocycles. The summed E-state index contributed by atoms with van der Waals surface area (Å²) in [5.74, 6) is -1.19. The van der Waals surface area contributed by atoms with Gasteiger partial charge in [-0.2, -0.15) is 13.2 Å². The summed E-state index contributed by atoms with van der Waals surface area (Å²) in [6.07, 6.45) is -2.90. The highest BCUT2D eigenvalue weighted by Crippen LogP contribution is 2.39. The molecule has 0 aliphatic heterocycles. The van der Waals surface area contributed by atoms with Gasteiger partial charge in [0.05, 0.1) is 19.8 Å². The number of nitrogens with one attached hydrogen (secondary N) is 1. The van der Waals surface area contributed by atoms with Gasteiger partial charge in [-0.05, 0) is 25.0 Å². The predicted octanol–water partition coefficient (Wildman–Crippen LogP) is 4.90. The molecule has 0 bridgehead atoms. The number of hydrogen-bond donors (Lipinski definition) is 1. The summed E-state index contributed by atoms with van der Waals surface area (Å²) in [5.41, 5.74) is -1.29. The van der Waals surface area contributed by atoms with E-state index in [4.69, 9.17) is 9.47 Å². The lowest BCUT2D eigenvalue weighted by molar-refractivity contribution is -0.137. The highest BCUT2D eigenvalue weighted by molar-refractivity contribution is 7.15. The van der Waals surface area contributed by atoms with Crippen molar-refractivity contribution >= 4 is 22.4 Å². The summed E-state index contributed by atoms with van der Waals surface area (Å²) in [5, 5.41) is 11.7. The molecule has 1 aromatic carbocycles. The molecule has 6 nitrogen and oxygen atoms in total. The van der Waals surface area contributed by atoms with Crippen LogP contribution in [0.3, 0.4) is 0 Å². The minimum absolute atomic E-state index is 0.150. The first-order valence-corrected chi connectivity index (χ1v) is 9.39. The van der Waals surface area contributed by atoms with E-state index in [2.05, 4.69) is 22.4 Å². The minimum Gasteiger partial charge on any atom is -0.496 e. The summed E-state index contributed by atoms with van der Waals surface area (Å²) in [6, 6.07) is 1.52. The van der Waals surface area contributed by atoms with E-state index < -0.39 is 17.6 Å². The van der Waals surface area contributed by atoms with E-state index in [-0.39, 0.29) is 27.6 Å². The van der Waals surface area contributed by atoms with Crippen molar-refractivity contribution in [3.63, 3.8) is 0 Å². The number of amides is 1. The zero-order valence-corrected chi connectivity index (χ0v) is 17.0. The number of hydrogen-bond acceptors (Lipinski definition) is 6. The lowest BCUT2D eigenvalue weighted by Crippen LogP contribution is -2.19. The number of aromatic nitrogens is 2. The maximum atomic E-state index is 13.1. The van der Waals surface area contributed by atoms with Crippen molar-refractivity contribution in [2.24, 2.45) is 0 Å². The lowest BCUT2D eigenvalue weighted by Gasteiger charge is -2.22. The van der Waals surface area contributed by atoms with Gasteiger partial charge in [-0.15, -0.1) is 10.2 Å². The van der Waals surface area contributed by atoms with Gasteiger partial charge in [0.25, 0.3) is 5.91 Å². The van der Waals surface area contributed by atoms with Crippen molar-refractivity contribution in [3.8, 4) is 11.5 Å². The monoisotopic (exact) mass is 417 g/mol. The van der Waals surface area contributed by atoms with Crippen molar-refractivity contribution in [3.05, 3.63) is 28.3 Å². The van der Waals surface area contributed by atoms with Crippen LogP contribution < -0.4 is 14.8 Å². The third kappa shape index (κ3) is 4.37. The molecule has 2 rings (SSSR count). The molecule has 0 fully saturated rings. The van der Waals surface area contributed by atoms with Gasteiger partial charge in [-0.25, -0.2) is 0 Å². The van der Waals surface area contributed by atoms with Crippen LogP contribution in [-0.2, 0) is 11.6 Å². The van der Waals surface area contributed by atoms with E-state index in [1.54, 1.807) is 0 Å². The van der Waals surface area contributed by atoms with Crippen molar-refractivity contribution in [1.29, 1.82) is 0 Å². The second-order valence-corrected chi connectivity index (χ2v) is 7.37. The van der Waals surface area contributed by atoms with E-state index in [0.717, 1.165) is 30.0 Å². The van der Waals surface area contributed by atoms with Crippen molar-refractivity contribution < 1.29 is 27.4 Å². The Morgan fingerprint density at radius 1 is 1.11 bits per heavy atom. The normalized spacial score (nSPS) is 12.0. The molecular formula is C18H22F3N3O3S. The Morgan fingerprint density at radius 3 is 2.07 bits per heavy atom. The molecule has 1 amide bonds. The van der Waals surface area contributed by atoms with E-state index in [0.29, 0.717) is 0 Å². The van der Waals surface area contributed by atoms with E-state index in [1.807, 2.05) is 13.8 Å². The molecule has 0 spiro atoms. The second-order valence-electron chi connectivity index (χ2n) is 6.39. The number of anilines is 1. The topological polar surface area (TPSA) is 73.3 Å².